The zero-order valence-electron chi connectivity index (χ0n) is 13.6. The van der Waals surface area contributed by atoms with E-state index >= 15 is 4.39 Å². The highest BCUT2D eigenvalue weighted by Crippen LogP contribution is 2.35. The Morgan fingerprint density at radius 2 is 2.00 bits per heavy atom. The minimum Gasteiger partial charge on any atom is -0.338 e. The molecular weight excluding hydrogens is 339 g/mol. The number of halogens is 1. The fourth-order valence-corrected chi connectivity index (χ4v) is 4.01. The molecule has 7 heteroatoms. The lowest BCUT2D eigenvalue weighted by Gasteiger charge is -2.35. The third-order valence-electron chi connectivity index (χ3n) is 4.59. The summed E-state index contributed by atoms with van der Waals surface area (Å²) in [4.78, 5) is 27.7. The highest BCUT2D eigenvalue weighted by atomic mass is 32.1. The Bertz CT molecular complexity index is 838. The number of carbonyl (C=O) groups is 1. The Kier molecular flexibility index (Phi) is 4.17. The Balaban J connectivity index is 1.44. The van der Waals surface area contributed by atoms with Crippen LogP contribution in [0.15, 0.2) is 41.0 Å². The quantitative estimate of drug-likeness (QED) is 0.849. The third kappa shape index (κ3) is 3.11. The number of nitrogens with zero attached hydrogens (tertiary/aromatic N) is 4. The number of thiophene rings is 1. The van der Waals surface area contributed by atoms with Crippen molar-refractivity contribution in [3.8, 4) is 0 Å². The summed E-state index contributed by atoms with van der Waals surface area (Å²) in [5, 5.41) is 1.86. The molecule has 2 aromatic heterocycles. The van der Waals surface area contributed by atoms with Crippen molar-refractivity contribution >= 4 is 29.0 Å². The summed E-state index contributed by atoms with van der Waals surface area (Å²) < 4.78 is 15.1. The van der Waals surface area contributed by atoms with Gasteiger partial charge in [-0.05, 0) is 12.1 Å². The molecule has 1 fully saturated rings. The van der Waals surface area contributed by atoms with Crippen LogP contribution in [0, 0.1) is 0 Å². The Morgan fingerprint density at radius 1 is 1.24 bits per heavy atom. The number of aromatic nitrogens is 2. The molecule has 0 aliphatic carbocycles. The monoisotopic (exact) mass is 356 g/mol. The van der Waals surface area contributed by atoms with Gasteiger partial charge in [0.25, 0.3) is 5.91 Å². The summed E-state index contributed by atoms with van der Waals surface area (Å²) in [6.45, 7) is 1.43. The Morgan fingerprint density at radius 3 is 2.68 bits per heavy atom. The summed E-state index contributed by atoms with van der Waals surface area (Å²) in [6, 6.07) is 3.57. The van der Waals surface area contributed by atoms with Gasteiger partial charge >= 0.3 is 0 Å². The smallest absolute Gasteiger partial charge is 0.254 e. The molecule has 0 N–H and O–H groups in total. The minimum atomic E-state index is -1.55. The first-order valence-electron chi connectivity index (χ1n) is 8.20. The van der Waals surface area contributed by atoms with Gasteiger partial charge in [0.2, 0.25) is 0 Å². The maximum Gasteiger partial charge on any atom is 0.254 e. The van der Waals surface area contributed by atoms with Gasteiger partial charge in [0.15, 0.2) is 11.5 Å². The number of hydrogen-bond acceptors (Lipinski definition) is 5. The molecular formula is C18H17FN4OS. The Labute approximate surface area is 148 Å². The van der Waals surface area contributed by atoms with Crippen molar-refractivity contribution in [2.45, 2.75) is 18.5 Å². The molecule has 25 heavy (non-hydrogen) atoms. The minimum absolute atomic E-state index is 0.0472. The van der Waals surface area contributed by atoms with E-state index in [9.17, 15) is 4.79 Å². The van der Waals surface area contributed by atoms with E-state index < -0.39 is 5.67 Å². The summed E-state index contributed by atoms with van der Waals surface area (Å²) in [6.07, 6.45) is 7.41. The first kappa shape index (κ1) is 16.1. The van der Waals surface area contributed by atoms with Gasteiger partial charge in [0, 0.05) is 60.4 Å². The second-order valence-electron chi connectivity index (χ2n) is 6.18. The normalized spacial score (nSPS) is 19.1. The van der Waals surface area contributed by atoms with E-state index in [4.69, 9.17) is 0 Å². The van der Waals surface area contributed by atoms with E-state index in [0.717, 1.165) is 10.5 Å². The highest BCUT2D eigenvalue weighted by Gasteiger charge is 2.40. The fraction of sp³-hybridized carbons (Fsp3) is 0.333. The molecule has 0 aromatic carbocycles. The molecule has 1 amide bonds. The van der Waals surface area contributed by atoms with Crippen molar-refractivity contribution in [1.82, 2.24) is 14.9 Å². The van der Waals surface area contributed by atoms with Crippen molar-refractivity contribution in [2.24, 2.45) is 4.99 Å². The second kappa shape index (κ2) is 6.48. The number of allylic oxidation sites excluding steroid dienone is 1. The summed E-state index contributed by atoms with van der Waals surface area (Å²) in [5.41, 5.74) is 0.165. The van der Waals surface area contributed by atoms with Crippen molar-refractivity contribution in [2.75, 3.05) is 19.6 Å². The molecule has 2 aliphatic rings. The first-order valence-corrected chi connectivity index (χ1v) is 9.08. The van der Waals surface area contributed by atoms with E-state index in [1.807, 2.05) is 23.7 Å². The van der Waals surface area contributed by atoms with Crippen LogP contribution in [0.4, 0.5) is 4.39 Å². The molecule has 2 aromatic rings. The van der Waals surface area contributed by atoms with E-state index in [1.165, 1.54) is 11.3 Å². The molecule has 0 bridgehead atoms. The summed E-state index contributed by atoms with van der Waals surface area (Å²) >= 11 is 1.53. The molecule has 4 rings (SSSR count). The number of likely N-dealkylation sites (tertiary alicyclic amines) is 1. The standard InChI is InChI=1S/C18H17FN4OS/c19-18(17-21-5-1-6-22-17)3-8-23(9-4-18)16(24)14-10-15(25-12-14)13-2-7-20-11-13/h1-2,5-6,10-12H,3-4,7-9H2. The number of rotatable bonds is 3. The first-order chi connectivity index (χ1) is 12.2. The predicted molar refractivity (Wildman–Crippen MR) is 95.6 cm³/mol. The number of piperidine rings is 1. The van der Waals surface area contributed by atoms with Crippen LogP contribution in [0.25, 0.3) is 5.57 Å². The van der Waals surface area contributed by atoms with Gasteiger partial charge in [-0.3, -0.25) is 9.79 Å². The number of amides is 1. The van der Waals surface area contributed by atoms with Crippen molar-refractivity contribution in [3.63, 3.8) is 0 Å². The van der Waals surface area contributed by atoms with Gasteiger partial charge in [0.05, 0.1) is 12.1 Å². The second-order valence-corrected chi connectivity index (χ2v) is 7.09. The van der Waals surface area contributed by atoms with Crippen LogP contribution >= 0.6 is 11.3 Å². The van der Waals surface area contributed by atoms with E-state index in [0.29, 0.717) is 25.2 Å². The fourth-order valence-electron chi connectivity index (χ4n) is 3.12. The van der Waals surface area contributed by atoms with Gasteiger partial charge < -0.3 is 4.90 Å². The highest BCUT2D eigenvalue weighted by molar-refractivity contribution is 7.11. The van der Waals surface area contributed by atoms with E-state index in [1.54, 1.807) is 23.4 Å². The number of hydrogen-bond donors (Lipinski definition) is 0. The maximum atomic E-state index is 15.1. The van der Waals surface area contributed by atoms with Crippen molar-refractivity contribution < 1.29 is 9.18 Å². The number of carbonyl (C=O) groups excluding carboxylic acids is 1. The molecule has 0 spiro atoms. The van der Waals surface area contributed by atoms with E-state index in [-0.39, 0.29) is 24.6 Å². The zero-order chi connectivity index (χ0) is 17.3. The predicted octanol–water partition coefficient (Wildman–Crippen LogP) is 3.11. The van der Waals surface area contributed by atoms with Gasteiger partial charge in [-0.1, -0.05) is 6.08 Å². The summed E-state index contributed by atoms with van der Waals surface area (Å²) in [5.74, 6) is 0.168. The van der Waals surface area contributed by atoms with Gasteiger partial charge in [-0.2, -0.15) is 0 Å². The number of alkyl halides is 1. The van der Waals surface area contributed by atoms with Crippen molar-refractivity contribution in [3.05, 3.63) is 52.2 Å². The zero-order valence-corrected chi connectivity index (χ0v) is 14.4. The lowest BCUT2D eigenvalue weighted by atomic mass is 9.92. The third-order valence-corrected chi connectivity index (χ3v) is 5.57. The lowest BCUT2D eigenvalue weighted by molar-refractivity contribution is 0.0381. The van der Waals surface area contributed by atoms with Crippen LogP contribution in [0.2, 0.25) is 0 Å². The molecule has 0 radical (unpaired) electrons. The molecule has 1 saturated heterocycles. The van der Waals surface area contributed by atoms with Crippen LogP contribution in [0.1, 0.15) is 33.9 Å². The van der Waals surface area contributed by atoms with Crippen LogP contribution in [0.5, 0.6) is 0 Å². The SMILES string of the molecule is O=C(c1csc(C2=CCN=C2)c1)N1CCC(F)(c2ncccn2)CC1. The Hall–Kier alpha value is -2.41. The average molecular weight is 356 g/mol. The molecule has 0 unspecified atom stereocenters. The molecule has 0 saturated carbocycles. The maximum absolute atomic E-state index is 15.1. The van der Waals surface area contributed by atoms with Crippen LogP contribution in [0.3, 0.4) is 0 Å². The molecule has 5 nitrogen and oxygen atoms in total. The van der Waals surface area contributed by atoms with Gasteiger partial charge in [0.1, 0.15) is 0 Å². The molecule has 4 heterocycles. The van der Waals surface area contributed by atoms with Crippen molar-refractivity contribution in [1.29, 1.82) is 0 Å². The largest absolute Gasteiger partial charge is 0.338 e. The molecule has 128 valence electrons. The molecule has 0 atom stereocenters. The van der Waals surface area contributed by atoms with Gasteiger partial charge in [-0.25, -0.2) is 14.4 Å². The van der Waals surface area contributed by atoms with Gasteiger partial charge in [-0.15, -0.1) is 11.3 Å². The lowest BCUT2D eigenvalue weighted by Crippen LogP contribution is -2.43. The topological polar surface area (TPSA) is 58.5 Å². The average Bonchev–Trinajstić information content (AvgIpc) is 3.34. The van der Waals surface area contributed by atoms with E-state index in [2.05, 4.69) is 15.0 Å². The number of aliphatic imine (C=N–C) groups is 1. The molecule has 2 aliphatic heterocycles. The van der Waals surface area contributed by atoms with Crippen LogP contribution in [-0.4, -0.2) is 46.6 Å². The van der Waals surface area contributed by atoms with Crippen LogP contribution in [-0.2, 0) is 5.67 Å². The van der Waals surface area contributed by atoms with Crippen LogP contribution < -0.4 is 0 Å². The summed E-state index contributed by atoms with van der Waals surface area (Å²) in [7, 11) is 0.